The SMILES string of the molecule is CCNC(=NCc1cccnc1OCCOC)N1CCC(OCC2CCCCO2)CC1.I. The van der Waals surface area contributed by atoms with Gasteiger partial charge in [-0.2, -0.15) is 0 Å². The zero-order chi connectivity index (χ0) is 21.7. The first-order chi connectivity index (χ1) is 15.3. The molecule has 0 saturated carbocycles. The average Bonchev–Trinajstić information content (AvgIpc) is 2.82. The summed E-state index contributed by atoms with van der Waals surface area (Å²) in [5.74, 6) is 1.56. The molecule has 2 aliphatic rings. The molecule has 2 saturated heterocycles. The Morgan fingerprint density at radius 3 is 2.81 bits per heavy atom. The van der Waals surface area contributed by atoms with Crippen LogP contribution in [-0.4, -0.2) is 81.2 Å². The molecule has 2 fully saturated rings. The van der Waals surface area contributed by atoms with Gasteiger partial charge in [-0.25, -0.2) is 9.98 Å². The predicted molar refractivity (Wildman–Crippen MR) is 136 cm³/mol. The van der Waals surface area contributed by atoms with Gasteiger partial charge in [0.2, 0.25) is 5.88 Å². The van der Waals surface area contributed by atoms with E-state index < -0.39 is 0 Å². The molecule has 0 aromatic carbocycles. The van der Waals surface area contributed by atoms with Crippen LogP contribution in [0.5, 0.6) is 5.88 Å². The van der Waals surface area contributed by atoms with Gasteiger partial charge in [-0.1, -0.05) is 6.07 Å². The summed E-state index contributed by atoms with van der Waals surface area (Å²) in [5, 5.41) is 3.43. The van der Waals surface area contributed by atoms with Gasteiger partial charge in [0, 0.05) is 45.1 Å². The molecule has 1 atom stereocenters. The van der Waals surface area contributed by atoms with E-state index in [-0.39, 0.29) is 30.1 Å². The van der Waals surface area contributed by atoms with E-state index in [4.69, 9.17) is 23.9 Å². The number of nitrogens with one attached hydrogen (secondary N) is 1. The Hall–Kier alpha value is -1.17. The number of piperidine rings is 1. The number of aromatic nitrogens is 1. The molecule has 0 radical (unpaired) electrons. The zero-order valence-electron chi connectivity index (χ0n) is 19.5. The highest BCUT2D eigenvalue weighted by molar-refractivity contribution is 14.0. The molecule has 9 heteroatoms. The highest BCUT2D eigenvalue weighted by Gasteiger charge is 2.24. The van der Waals surface area contributed by atoms with Crippen LogP contribution in [0.25, 0.3) is 0 Å². The molecular weight excluding hydrogens is 523 g/mol. The van der Waals surface area contributed by atoms with Crippen LogP contribution in [0.1, 0.15) is 44.6 Å². The summed E-state index contributed by atoms with van der Waals surface area (Å²) >= 11 is 0. The molecule has 3 rings (SSSR count). The van der Waals surface area contributed by atoms with Crippen LogP contribution in [0.2, 0.25) is 0 Å². The molecule has 32 heavy (non-hydrogen) atoms. The number of likely N-dealkylation sites (tertiary alicyclic amines) is 1. The largest absolute Gasteiger partial charge is 0.475 e. The molecule has 1 N–H and O–H groups in total. The average molecular weight is 562 g/mol. The van der Waals surface area contributed by atoms with E-state index in [0.29, 0.717) is 31.7 Å². The van der Waals surface area contributed by atoms with E-state index in [1.807, 2.05) is 12.1 Å². The first-order valence-corrected chi connectivity index (χ1v) is 11.6. The highest BCUT2D eigenvalue weighted by Crippen LogP contribution is 2.19. The van der Waals surface area contributed by atoms with Crippen molar-refractivity contribution in [1.82, 2.24) is 15.2 Å². The molecule has 1 aromatic heterocycles. The number of halogens is 1. The summed E-state index contributed by atoms with van der Waals surface area (Å²) in [5.41, 5.74) is 0.972. The summed E-state index contributed by atoms with van der Waals surface area (Å²) < 4.78 is 22.7. The maximum absolute atomic E-state index is 6.16. The molecule has 1 aromatic rings. The third-order valence-electron chi connectivity index (χ3n) is 5.64. The monoisotopic (exact) mass is 562 g/mol. The number of rotatable bonds is 10. The van der Waals surface area contributed by atoms with Crippen LogP contribution < -0.4 is 10.1 Å². The van der Waals surface area contributed by atoms with Crippen LogP contribution in [-0.2, 0) is 20.8 Å². The lowest BCUT2D eigenvalue weighted by molar-refractivity contribution is -0.0721. The quantitative estimate of drug-likeness (QED) is 0.203. The second-order valence-corrected chi connectivity index (χ2v) is 7.99. The van der Waals surface area contributed by atoms with E-state index >= 15 is 0 Å². The van der Waals surface area contributed by atoms with Crippen LogP contribution >= 0.6 is 24.0 Å². The molecule has 182 valence electrons. The molecule has 0 spiro atoms. The number of hydrogen-bond donors (Lipinski definition) is 1. The van der Waals surface area contributed by atoms with Gasteiger partial charge in [-0.15, -0.1) is 24.0 Å². The lowest BCUT2D eigenvalue weighted by Crippen LogP contribution is -2.47. The van der Waals surface area contributed by atoms with Crippen LogP contribution in [0.3, 0.4) is 0 Å². The van der Waals surface area contributed by atoms with Gasteiger partial charge in [-0.05, 0) is 45.1 Å². The maximum atomic E-state index is 6.16. The molecule has 0 aliphatic carbocycles. The molecule has 0 bridgehead atoms. The van der Waals surface area contributed by atoms with Crippen LogP contribution in [0.15, 0.2) is 23.3 Å². The van der Waals surface area contributed by atoms with Crippen molar-refractivity contribution in [2.24, 2.45) is 4.99 Å². The molecular formula is C23H39IN4O4. The van der Waals surface area contributed by atoms with Crippen molar-refractivity contribution in [2.45, 2.75) is 57.8 Å². The fourth-order valence-electron chi connectivity index (χ4n) is 3.90. The number of aliphatic imine (C=N–C) groups is 1. The fourth-order valence-corrected chi connectivity index (χ4v) is 3.90. The Balaban J connectivity index is 0.00000363. The summed E-state index contributed by atoms with van der Waals surface area (Å²) in [7, 11) is 1.66. The van der Waals surface area contributed by atoms with Gasteiger partial charge in [0.1, 0.15) is 6.61 Å². The Morgan fingerprint density at radius 1 is 1.25 bits per heavy atom. The van der Waals surface area contributed by atoms with Gasteiger partial charge in [0.25, 0.3) is 0 Å². The van der Waals surface area contributed by atoms with Gasteiger partial charge in [0.15, 0.2) is 5.96 Å². The molecule has 3 heterocycles. The minimum atomic E-state index is 0. The van der Waals surface area contributed by atoms with Gasteiger partial charge in [-0.3, -0.25) is 0 Å². The summed E-state index contributed by atoms with van der Waals surface area (Å²) in [6.07, 6.45) is 7.91. The molecule has 1 unspecified atom stereocenters. The minimum absolute atomic E-state index is 0. The number of hydrogen-bond acceptors (Lipinski definition) is 6. The normalized spacial score (nSPS) is 20.0. The van der Waals surface area contributed by atoms with E-state index in [2.05, 4.69) is 22.1 Å². The van der Waals surface area contributed by atoms with E-state index in [9.17, 15) is 0 Å². The van der Waals surface area contributed by atoms with Crippen molar-refractivity contribution in [2.75, 3.05) is 53.2 Å². The van der Waals surface area contributed by atoms with Gasteiger partial charge < -0.3 is 29.2 Å². The van der Waals surface area contributed by atoms with Crippen molar-refractivity contribution < 1.29 is 18.9 Å². The standard InChI is InChI=1S/C23H38N4O4.HI/c1-3-24-23(26-17-19-7-6-11-25-22(19)30-16-15-28-2)27-12-9-20(10-13-27)31-18-21-8-4-5-14-29-21;/h6-7,11,20-21H,3-5,8-10,12-18H2,1-2H3,(H,24,26);1H. The molecule has 2 aliphatic heterocycles. The van der Waals surface area contributed by atoms with E-state index in [1.165, 1.54) is 12.8 Å². The van der Waals surface area contributed by atoms with E-state index in [1.54, 1.807) is 13.3 Å². The highest BCUT2D eigenvalue weighted by atomic mass is 127. The molecule has 0 amide bonds. The minimum Gasteiger partial charge on any atom is -0.475 e. The summed E-state index contributed by atoms with van der Waals surface area (Å²) in [6, 6.07) is 3.93. The Kier molecular flexibility index (Phi) is 13.2. The number of guanidine groups is 1. The number of pyridine rings is 1. The maximum Gasteiger partial charge on any atom is 0.218 e. The Bertz CT molecular complexity index is 665. The van der Waals surface area contributed by atoms with Crippen molar-refractivity contribution in [3.63, 3.8) is 0 Å². The fraction of sp³-hybridized carbons (Fsp3) is 0.739. The smallest absolute Gasteiger partial charge is 0.218 e. The second-order valence-electron chi connectivity index (χ2n) is 7.99. The lowest BCUT2D eigenvalue weighted by Gasteiger charge is -2.35. The van der Waals surface area contributed by atoms with Gasteiger partial charge >= 0.3 is 0 Å². The number of methoxy groups -OCH3 is 1. The molecule has 8 nitrogen and oxygen atoms in total. The Labute approximate surface area is 209 Å². The van der Waals surface area contributed by atoms with Crippen LogP contribution in [0, 0.1) is 0 Å². The third kappa shape index (κ3) is 8.99. The van der Waals surface area contributed by atoms with E-state index in [0.717, 1.165) is 63.6 Å². The predicted octanol–water partition coefficient (Wildman–Crippen LogP) is 3.24. The van der Waals surface area contributed by atoms with Crippen molar-refractivity contribution in [3.05, 3.63) is 23.9 Å². The second kappa shape index (κ2) is 15.6. The van der Waals surface area contributed by atoms with Crippen LogP contribution in [0.4, 0.5) is 0 Å². The van der Waals surface area contributed by atoms with Crippen molar-refractivity contribution >= 4 is 29.9 Å². The van der Waals surface area contributed by atoms with Crippen molar-refractivity contribution in [1.29, 1.82) is 0 Å². The third-order valence-corrected chi connectivity index (χ3v) is 5.64. The zero-order valence-corrected chi connectivity index (χ0v) is 21.8. The van der Waals surface area contributed by atoms with Crippen molar-refractivity contribution in [3.8, 4) is 5.88 Å². The van der Waals surface area contributed by atoms with Gasteiger partial charge in [0.05, 0.1) is 32.0 Å². The summed E-state index contributed by atoms with van der Waals surface area (Å²) in [4.78, 5) is 11.5. The number of nitrogens with zero attached hydrogens (tertiary/aromatic N) is 3. The number of ether oxygens (including phenoxy) is 4. The summed E-state index contributed by atoms with van der Waals surface area (Å²) in [6.45, 7) is 7.94. The Morgan fingerprint density at radius 2 is 2.09 bits per heavy atom. The topological polar surface area (TPSA) is 77.4 Å². The lowest BCUT2D eigenvalue weighted by atomic mass is 10.1. The first kappa shape index (κ1) is 27.1. The first-order valence-electron chi connectivity index (χ1n) is 11.6.